The minimum Gasteiger partial charge on any atom is -0.310 e. The van der Waals surface area contributed by atoms with Gasteiger partial charge in [0.1, 0.15) is 7.85 Å². The van der Waals surface area contributed by atoms with Crippen LogP contribution in [-0.4, -0.2) is 7.85 Å². The van der Waals surface area contributed by atoms with Crippen molar-refractivity contribution < 1.29 is 0 Å². The molecule has 0 saturated carbocycles. The Balaban J connectivity index is 2.33. The topological polar surface area (TPSA) is 3.24 Å². The van der Waals surface area contributed by atoms with E-state index in [-0.39, 0.29) is 5.41 Å². The van der Waals surface area contributed by atoms with Gasteiger partial charge in [0.2, 0.25) is 0 Å². The summed E-state index contributed by atoms with van der Waals surface area (Å²) in [5, 5.41) is 0. The Morgan fingerprint density at radius 3 is 2.22 bits per heavy atom. The zero-order chi connectivity index (χ0) is 16.6. The Morgan fingerprint density at radius 1 is 0.957 bits per heavy atom. The van der Waals surface area contributed by atoms with Crippen molar-refractivity contribution in [2.75, 3.05) is 4.90 Å². The van der Waals surface area contributed by atoms with Crippen LogP contribution in [0.25, 0.3) is 0 Å². The highest BCUT2D eigenvalue weighted by Crippen LogP contribution is 2.48. The lowest BCUT2D eigenvalue weighted by atomic mass is 9.73. The molecule has 0 aliphatic carbocycles. The second-order valence-corrected chi connectivity index (χ2v) is 6.28. The third-order valence-electron chi connectivity index (χ3n) is 4.56. The molecule has 2 radical (unpaired) electrons. The molecule has 1 heterocycles. The van der Waals surface area contributed by atoms with Crippen molar-refractivity contribution >= 4 is 24.7 Å². The molecule has 3 rings (SSSR count). The molecule has 1 nitrogen and oxygen atoms in total. The molecule has 2 aromatic rings. The van der Waals surface area contributed by atoms with Crippen molar-refractivity contribution in [2.45, 2.75) is 19.3 Å². The first-order chi connectivity index (χ1) is 11.0. The second-order valence-electron chi connectivity index (χ2n) is 6.28. The van der Waals surface area contributed by atoms with Gasteiger partial charge in [-0.2, -0.15) is 0 Å². The van der Waals surface area contributed by atoms with Crippen molar-refractivity contribution in [3.05, 3.63) is 90.7 Å². The van der Waals surface area contributed by atoms with Gasteiger partial charge in [-0.1, -0.05) is 68.9 Å². The fourth-order valence-electron chi connectivity index (χ4n) is 3.38. The molecule has 23 heavy (non-hydrogen) atoms. The van der Waals surface area contributed by atoms with Crippen LogP contribution in [0.3, 0.4) is 0 Å². The maximum Gasteiger partial charge on any atom is 0.113 e. The minimum atomic E-state index is -0.119. The van der Waals surface area contributed by atoms with Gasteiger partial charge in [0.25, 0.3) is 0 Å². The number of para-hydroxylation sites is 1. The summed E-state index contributed by atoms with van der Waals surface area (Å²) >= 11 is 0. The molecule has 0 aromatic heterocycles. The predicted octanol–water partition coefficient (Wildman–Crippen LogP) is 4.54. The summed E-state index contributed by atoms with van der Waals surface area (Å²) in [6, 6.07) is 16.4. The quantitative estimate of drug-likeness (QED) is 0.752. The number of anilines is 2. The van der Waals surface area contributed by atoms with Gasteiger partial charge in [-0.15, -0.1) is 0 Å². The SMILES string of the molecule is [B]c1ccc(N2C(C=C)=C(C=C)C(C)(C)c3ccccc32)cc1. The molecular formula is C21H20BN. The van der Waals surface area contributed by atoms with Gasteiger partial charge in [-0.3, -0.25) is 0 Å². The number of benzene rings is 2. The zero-order valence-electron chi connectivity index (χ0n) is 13.7. The fraction of sp³-hybridized carbons (Fsp3) is 0.143. The number of nitrogens with zero attached hydrogens (tertiary/aromatic N) is 1. The van der Waals surface area contributed by atoms with Gasteiger partial charge in [-0.05, 0) is 35.4 Å². The number of fused-ring (bicyclic) bond motifs is 1. The summed E-state index contributed by atoms with van der Waals surface area (Å²) in [6.45, 7) is 12.5. The van der Waals surface area contributed by atoms with E-state index >= 15 is 0 Å². The lowest BCUT2D eigenvalue weighted by Crippen LogP contribution is -2.33. The van der Waals surface area contributed by atoms with Gasteiger partial charge in [0.05, 0.1) is 5.69 Å². The van der Waals surface area contributed by atoms with E-state index in [1.165, 1.54) is 16.8 Å². The monoisotopic (exact) mass is 297 g/mol. The molecule has 2 heteroatoms. The highest BCUT2D eigenvalue weighted by atomic mass is 15.2. The van der Waals surface area contributed by atoms with E-state index in [0.29, 0.717) is 0 Å². The normalized spacial score (nSPS) is 16.0. The fourth-order valence-corrected chi connectivity index (χ4v) is 3.38. The van der Waals surface area contributed by atoms with Crippen LogP contribution in [-0.2, 0) is 5.41 Å². The third kappa shape index (κ3) is 2.35. The summed E-state index contributed by atoms with van der Waals surface area (Å²) in [4.78, 5) is 2.23. The van der Waals surface area contributed by atoms with Crippen LogP contribution in [0.15, 0.2) is 85.1 Å². The van der Waals surface area contributed by atoms with Gasteiger partial charge in [0, 0.05) is 16.8 Å². The van der Waals surface area contributed by atoms with E-state index in [1.54, 1.807) is 0 Å². The number of hydrogen-bond acceptors (Lipinski definition) is 1. The van der Waals surface area contributed by atoms with Crippen molar-refractivity contribution in [2.24, 2.45) is 0 Å². The highest BCUT2D eigenvalue weighted by molar-refractivity contribution is 6.32. The molecule has 112 valence electrons. The van der Waals surface area contributed by atoms with Crippen LogP contribution in [0.5, 0.6) is 0 Å². The van der Waals surface area contributed by atoms with E-state index in [0.717, 1.165) is 16.8 Å². The molecule has 1 aliphatic rings. The lowest BCUT2D eigenvalue weighted by Gasteiger charge is -2.42. The molecular weight excluding hydrogens is 277 g/mol. The number of rotatable bonds is 3. The molecule has 2 aromatic carbocycles. The average molecular weight is 297 g/mol. The minimum absolute atomic E-state index is 0.119. The summed E-state index contributed by atoms with van der Waals surface area (Å²) in [5.74, 6) is 0. The summed E-state index contributed by atoms with van der Waals surface area (Å²) in [5.41, 5.74) is 6.38. The number of allylic oxidation sites excluding steroid dienone is 3. The van der Waals surface area contributed by atoms with Gasteiger partial charge in [0.15, 0.2) is 0 Å². The zero-order valence-corrected chi connectivity index (χ0v) is 13.7. The summed E-state index contributed by atoms with van der Waals surface area (Å²) < 4.78 is 0. The van der Waals surface area contributed by atoms with E-state index < -0.39 is 0 Å². The van der Waals surface area contributed by atoms with Crippen LogP contribution in [0.1, 0.15) is 19.4 Å². The molecule has 1 aliphatic heterocycles. The van der Waals surface area contributed by atoms with Crippen molar-refractivity contribution in [1.82, 2.24) is 0 Å². The molecule has 0 atom stereocenters. The Labute approximate surface area is 140 Å². The van der Waals surface area contributed by atoms with Crippen molar-refractivity contribution in [1.29, 1.82) is 0 Å². The standard InChI is InChI=1S/C21H20BN/c1-5-17-19(6-2)23(16-13-11-15(22)12-14-16)20-10-8-7-9-18(20)21(17,3)4/h5-14H,1-2H2,3-4H3. The maximum absolute atomic E-state index is 5.85. The average Bonchev–Trinajstić information content (AvgIpc) is 2.55. The largest absolute Gasteiger partial charge is 0.310 e. The predicted molar refractivity (Wildman–Crippen MR) is 101 cm³/mol. The van der Waals surface area contributed by atoms with E-state index in [9.17, 15) is 0 Å². The number of hydrogen-bond donors (Lipinski definition) is 0. The smallest absolute Gasteiger partial charge is 0.113 e. The Bertz CT molecular complexity index is 797. The molecule has 0 spiro atoms. The van der Waals surface area contributed by atoms with E-state index in [2.05, 4.69) is 56.2 Å². The van der Waals surface area contributed by atoms with Crippen LogP contribution < -0.4 is 10.4 Å². The lowest BCUT2D eigenvalue weighted by molar-refractivity contribution is 0.621. The van der Waals surface area contributed by atoms with Gasteiger partial charge >= 0.3 is 0 Å². The Kier molecular flexibility index (Phi) is 3.77. The third-order valence-corrected chi connectivity index (χ3v) is 4.56. The molecule has 0 amide bonds. The van der Waals surface area contributed by atoms with Gasteiger partial charge < -0.3 is 4.90 Å². The molecule has 0 saturated heterocycles. The summed E-state index contributed by atoms with van der Waals surface area (Å²) in [6.07, 6.45) is 3.85. The Morgan fingerprint density at radius 2 is 1.61 bits per heavy atom. The van der Waals surface area contributed by atoms with Crippen molar-refractivity contribution in [3.63, 3.8) is 0 Å². The van der Waals surface area contributed by atoms with Crippen LogP contribution in [0.2, 0.25) is 0 Å². The van der Waals surface area contributed by atoms with Crippen LogP contribution in [0, 0.1) is 0 Å². The first kappa shape index (κ1) is 15.4. The van der Waals surface area contributed by atoms with Crippen LogP contribution >= 0.6 is 0 Å². The molecule has 0 fully saturated rings. The van der Waals surface area contributed by atoms with E-state index in [1.807, 2.05) is 36.4 Å². The van der Waals surface area contributed by atoms with Gasteiger partial charge in [-0.25, -0.2) is 0 Å². The van der Waals surface area contributed by atoms with E-state index in [4.69, 9.17) is 7.85 Å². The summed E-state index contributed by atoms with van der Waals surface area (Å²) in [7, 11) is 5.85. The second kappa shape index (κ2) is 5.62. The highest BCUT2D eigenvalue weighted by Gasteiger charge is 2.36. The maximum atomic E-state index is 5.85. The molecule has 0 unspecified atom stereocenters. The van der Waals surface area contributed by atoms with Crippen molar-refractivity contribution in [3.8, 4) is 0 Å². The Hall–Kier alpha value is -2.48. The first-order valence-electron chi connectivity index (χ1n) is 7.75. The first-order valence-corrected chi connectivity index (χ1v) is 7.75. The molecule has 0 N–H and O–H groups in total. The molecule has 0 bridgehead atoms. The van der Waals surface area contributed by atoms with Crippen LogP contribution in [0.4, 0.5) is 11.4 Å².